The number of ether oxygens (including phenoxy) is 1. The van der Waals surface area contributed by atoms with E-state index in [-0.39, 0.29) is 29.8 Å². The third-order valence-corrected chi connectivity index (χ3v) is 6.10. The summed E-state index contributed by atoms with van der Waals surface area (Å²) < 4.78 is 5.24. The molecule has 27 heavy (non-hydrogen) atoms. The van der Waals surface area contributed by atoms with Crippen molar-refractivity contribution < 1.29 is 14.3 Å². The average Bonchev–Trinajstić information content (AvgIpc) is 3.18. The van der Waals surface area contributed by atoms with Gasteiger partial charge in [0.05, 0.1) is 13.7 Å². The van der Waals surface area contributed by atoms with Crippen LogP contribution in [-0.2, 0) is 21.9 Å². The van der Waals surface area contributed by atoms with Gasteiger partial charge in [-0.1, -0.05) is 18.2 Å². The number of amides is 2. The lowest BCUT2D eigenvalue weighted by Gasteiger charge is -2.31. The normalized spacial score (nSPS) is 19.4. The molecule has 2 amide bonds. The summed E-state index contributed by atoms with van der Waals surface area (Å²) in [6.07, 6.45) is 0.595. The minimum atomic E-state index is -0.215. The van der Waals surface area contributed by atoms with E-state index in [1.165, 1.54) is 0 Å². The van der Waals surface area contributed by atoms with Gasteiger partial charge in [0.15, 0.2) is 0 Å². The van der Waals surface area contributed by atoms with Crippen LogP contribution in [-0.4, -0.2) is 30.5 Å². The van der Waals surface area contributed by atoms with Gasteiger partial charge in [-0.2, -0.15) is 0 Å². The van der Waals surface area contributed by atoms with Gasteiger partial charge >= 0.3 is 0 Å². The number of hydrogen-bond acceptors (Lipinski definition) is 6. The monoisotopic (exact) mass is 405 g/mol. The number of thioether (sulfide) groups is 1. The molecular weight excluding hydrogens is 382 g/mol. The summed E-state index contributed by atoms with van der Waals surface area (Å²) in [5.74, 6) is 1.46. The van der Waals surface area contributed by atoms with Crippen LogP contribution in [0, 0.1) is 0 Å². The second-order valence-electron chi connectivity index (χ2n) is 6.24. The zero-order valence-electron chi connectivity index (χ0n) is 15.1. The molecule has 1 aromatic heterocycles. The van der Waals surface area contributed by atoms with Gasteiger partial charge in [-0.05, 0) is 29.1 Å². The van der Waals surface area contributed by atoms with Crippen LogP contribution in [0.4, 0.5) is 0 Å². The molecule has 2 unspecified atom stereocenters. The second kappa shape index (κ2) is 9.77. The van der Waals surface area contributed by atoms with Crippen molar-refractivity contribution in [3.63, 3.8) is 0 Å². The molecule has 1 fully saturated rings. The summed E-state index contributed by atoms with van der Waals surface area (Å²) in [5, 5.41) is 11.2. The van der Waals surface area contributed by atoms with Crippen LogP contribution in [0.3, 0.4) is 0 Å². The third kappa shape index (κ3) is 6.27. The zero-order valence-corrected chi connectivity index (χ0v) is 16.7. The van der Waals surface area contributed by atoms with Gasteiger partial charge in [0, 0.05) is 29.5 Å². The summed E-state index contributed by atoms with van der Waals surface area (Å²) in [5.41, 5.74) is 0.902. The van der Waals surface area contributed by atoms with Crippen LogP contribution in [0.5, 0.6) is 5.75 Å². The first-order chi connectivity index (χ1) is 13.1. The Morgan fingerprint density at radius 1 is 1.37 bits per heavy atom. The number of nitrogens with one attached hydrogen (secondary N) is 3. The molecule has 8 heteroatoms. The Labute approximate surface area is 167 Å². The fraction of sp³-hybridized carbons (Fsp3) is 0.368. The standard InChI is InChI=1S/C19H23N3O3S2/c1-25-15-5-2-4-13(8-15)12-27-19-21-14(10-18(24)22-19)9-17(23)20-11-16-6-3-7-26-16/h2-8,14,19,21H,9-12H2,1H3,(H,20,23)(H,22,24). The van der Waals surface area contributed by atoms with Crippen molar-refractivity contribution in [1.29, 1.82) is 0 Å². The quantitative estimate of drug-likeness (QED) is 0.629. The first kappa shape index (κ1) is 19.7. The number of methoxy groups -OCH3 is 1. The third-order valence-electron chi connectivity index (χ3n) is 4.13. The maximum Gasteiger partial charge on any atom is 0.223 e. The number of thiophene rings is 1. The Kier molecular flexibility index (Phi) is 7.14. The van der Waals surface area contributed by atoms with Crippen LogP contribution in [0.2, 0.25) is 0 Å². The molecule has 2 atom stereocenters. The van der Waals surface area contributed by atoms with Crippen molar-refractivity contribution in [2.24, 2.45) is 0 Å². The highest BCUT2D eigenvalue weighted by molar-refractivity contribution is 7.99. The molecule has 0 saturated carbocycles. The van der Waals surface area contributed by atoms with Crippen molar-refractivity contribution in [2.75, 3.05) is 7.11 Å². The molecule has 2 aromatic rings. The molecule has 1 saturated heterocycles. The highest BCUT2D eigenvalue weighted by Crippen LogP contribution is 2.21. The fourth-order valence-electron chi connectivity index (χ4n) is 2.80. The predicted molar refractivity (Wildman–Crippen MR) is 109 cm³/mol. The van der Waals surface area contributed by atoms with Gasteiger partial charge < -0.3 is 15.4 Å². The molecule has 0 bridgehead atoms. The van der Waals surface area contributed by atoms with Crippen LogP contribution in [0.15, 0.2) is 41.8 Å². The Morgan fingerprint density at radius 3 is 3.04 bits per heavy atom. The van der Waals surface area contributed by atoms with Gasteiger partial charge in [0.2, 0.25) is 11.8 Å². The highest BCUT2D eigenvalue weighted by atomic mass is 32.2. The first-order valence-electron chi connectivity index (χ1n) is 8.71. The molecule has 0 radical (unpaired) electrons. The molecule has 0 spiro atoms. The van der Waals surface area contributed by atoms with Crippen molar-refractivity contribution >= 4 is 34.9 Å². The van der Waals surface area contributed by atoms with Gasteiger partial charge in [0.1, 0.15) is 11.2 Å². The molecule has 1 aliphatic rings. The van der Waals surface area contributed by atoms with Crippen LogP contribution in [0.1, 0.15) is 23.3 Å². The molecule has 0 aliphatic carbocycles. The lowest BCUT2D eigenvalue weighted by Crippen LogP contribution is -2.55. The fourth-order valence-corrected chi connectivity index (χ4v) is 4.49. The highest BCUT2D eigenvalue weighted by Gasteiger charge is 2.27. The van der Waals surface area contributed by atoms with E-state index >= 15 is 0 Å². The predicted octanol–water partition coefficient (Wildman–Crippen LogP) is 2.46. The molecule has 144 valence electrons. The van der Waals surface area contributed by atoms with Crippen molar-refractivity contribution in [1.82, 2.24) is 16.0 Å². The van der Waals surface area contributed by atoms with E-state index in [1.54, 1.807) is 30.2 Å². The maximum atomic E-state index is 12.2. The van der Waals surface area contributed by atoms with E-state index in [0.717, 1.165) is 21.9 Å². The number of carbonyl (C=O) groups is 2. The van der Waals surface area contributed by atoms with E-state index in [2.05, 4.69) is 16.0 Å². The zero-order chi connectivity index (χ0) is 19.1. The number of hydrogen-bond donors (Lipinski definition) is 3. The van der Waals surface area contributed by atoms with Gasteiger partial charge in [0.25, 0.3) is 0 Å². The topological polar surface area (TPSA) is 79.5 Å². The van der Waals surface area contributed by atoms with E-state index < -0.39 is 0 Å². The van der Waals surface area contributed by atoms with Gasteiger partial charge in [-0.3, -0.25) is 14.9 Å². The molecule has 6 nitrogen and oxygen atoms in total. The lowest BCUT2D eigenvalue weighted by atomic mass is 10.1. The molecule has 3 rings (SSSR count). The van der Waals surface area contributed by atoms with Gasteiger partial charge in [-0.25, -0.2) is 0 Å². The number of carbonyl (C=O) groups excluding carboxylic acids is 2. The van der Waals surface area contributed by atoms with E-state index in [0.29, 0.717) is 13.0 Å². The summed E-state index contributed by atoms with van der Waals surface area (Å²) in [7, 11) is 1.64. The summed E-state index contributed by atoms with van der Waals surface area (Å²) >= 11 is 3.20. The minimum absolute atomic E-state index is 0.0343. The molecule has 1 aromatic carbocycles. The van der Waals surface area contributed by atoms with E-state index in [9.17, 15) is 9.59 Å². The minimum Gasteiger partial charge on any atom is -0.497 e. The Hall–Kier alpha value is -2.03. The Bertz CT molecular complexity index is 767. The van der Waals surface area contributed by atoms with Crippen molar-refractivity contribution in [3.8, 4) is 5.75 Å². The first-order valence-corrected chi connectivity index (χ1v) is 10.6. The largest absolute Gasteiger partial charge is 0.497 e. The average molecular weight is 406 g/mol. The molecule has 2 heterocycles. The van der Waals surface area contributed by atoms with Crippen LogP contribution < -0.4 is 20.7 Å². The lowest BCUT2D eigenvalue weighted by molar-refractivity contribution is -0.125. The number of benzene rings is 1. The summed E-state index contributed by atoms with van der Waals surface area (Å²) in [6.45, 7) is 0.531. The van der Waals surface area contributed by atoms with E-state index in [1.807, 2.05) is 41.8 Å². The Morgan fingerprint density at radius 2 is 2.26 bits per heavy atom. The second-order valence-corrected chi connectivity index (χ2v) is 8.36. The number of rotatable bonds is 8. The molecule has 1 aliphatic heterocycles. The molecule has 3 N–H and O–H groups in total. The summed E-state index contributed by atoms with van der Waals surface area (Å²) in [6, 6.07) is 11.6. The van der Waals surface area contributed by atoms with Crippen molar-refractivity contribution in [3.05, 3.63) is 52.2 Å². The van der Waals surface area contributed by atoms with Gasteiger partial charge in [-0.15, -0.1) is 23.1 Å². The van der Waals surface area contributed by atoms with Crippen LogP contribution >= 0.6 is 23.1 Å². The van der Waals surface area contributed by atoms with Crippen LogP contribution in [0.25, 0.3) is 0 Å². The molecular formula is C19H23N3O3S2. The summed E-state index contributed by atoms with van der Waals surface area (Å²) in [4.78, 5) is 25.3. The van der Waals surface area contributed by atoms with Crippen molar-refractivity contribution in [2.45, 2.75) is 36.7 Å². The SMILES string of the molecule is COc1cccc(CSC2NC(=O)CC(CC(=O)NCc3cccs3)N2)c1. The smallest absolute Gasteiger partial charge is 0.223 e. The maximum absolute atomic E-state index is 12.2. The Balaban J connectivity index is 1.46. The van der Waals surface area contributed by atoms with E-state index in [4.69, 9.17) is 4.74 Å².